The number of nitrogens with zero attached hydrogens (tertiary/aromatic N) is 2. The molecule has 1 aromatic heterocycles. The van der Waals surface area contributed by atoms with E-state index in [0.29, 0.717) is 30.8 Å². The van der Waals surface area contributed by atoms with Gasteiger partial charge in [0.2, 0.25) is 0 Å². The Hall–Kier alpha value is -2.83. The fourth-order valence-electron chi connectivity index (χ4n) is 2.68. The number of nitrogens with one attached hydrogen (secondary N) is 3. The molecule has 7 heteroatoms. The van der Waals surface area contributed by atoms with Gasteiger partial charge in [0.25, 0.3) is 5.91 Å². The largest absolute Gasteiger partial charge is 0.352 e. The third-order valence-electron chi connectivity index (χ3n) is 3.95. The van der Waals surface area contributed by atoms with Crippen LogP contribution in [0.15, 0.2) is 30.5 Å². The maximum atomic E-state index is 12.1. The van der Waals surface area contributed by atoms with E-state index < -0.39 is 0 Å². The van der Waals surface area contributed by atoms with Crippen molar-refractivity contribution in [3.63, 3.8) is 0 Å². The van der Waals surface area contributed by atoms with Crippen LogP contribution in [0.5, 0.6) is 0 Å². The zero-order chi connectivity index (χ0) is 17.1. The minimum Gasteiger partial charge on any atom is -0.352 e. The van der Waals surface area contributed by atoms with Gasteiger partial charge in [-0.05, 0) is 44.0 Å². The van der Waals surface area contributed by atoms with Crippen LogP contribution < -0.4 is 16.0 Å². The molecule has 3 amide bonds. The molecule has 1 aliphatic heterocycles. The lowest BCUT2D eigenvalue weighted by atomic mass is 9.98. The number of urea groups is 1. The summed E-state index contributed by atoms with van der Waals surface area (Å²) in [4.78, 5) is 24.0. The molecule has 0 aliphatic carbocycles. The second-order valence-electron chi connectivity index (χ2n) is 6.03. The minimum absolute atomic E-state index is 0.0977. The Morgan fingerprint density at radius 2 is 2.21 bits per heavy atom. The minimum atomic E-state index is -0.312. The molecule has 0 bridgehead atoms. The van der Waals surface area contributed by atoms with Crippen LogP contribution in [0.2, 0.25) is 0 Å². The van der Waals surface area contributed by atoms with Gasteiger partial charge >= 0.3 is 6.03 Å². The molecule has 0 saturated carbocycles. The summed E-state index contributed by atoms with van der Waals surface area (Å²) in [6.45, 7) is 5.02. The van der Waals surface area contributed by atoms with Crippen LogP contribution in [-0.2, 0) is 13.0 Å². The quantitative estimate of drug-likeness (QED) is 0.803. The van der Waals surface area contributed by atoms with Gasteiger partial charge in [-0.15, -0.1) is 0 Å². The van der Waals surface area contributed by atoms with Crippen molar-refractivity contribution in [1.29, 1.82) is 0 Å². The van der Waals surface area contributed by atoms with Crippen molar-refractivity contribution in [3.8, 4) is 0 Å². The fourth-order valence-corrected chi connectivity index (χ4v) is 2.68. The van der Waals surface area contributed by atoms with E-state index in [9.17, 15) is 9.59 Å². The maximum absolute atomic E-state index is 12.1. The van der Waals surface area contributed by atoms with Gasteiger partial charge in [-0.3, -0.25) is 9.48 Å². The van der Waals surface area contributed by atoms with Crippen LogP contribution >= 0.6 is 0 Å². The molecule has 24 heavy (non-hydrogen) atoms. The Morgan fingerprint density at radius 3 is 2.96 bits per heavy atom. The molecular formula is C17H21N5O2. The van der Waals surface area contributed by atoms with Gasteiger partial charge in [0, 0.05) is 30.0 Å². The van der Waals surface area contributed by atoms with Gasteiger partial charge in [0.15, 0.2) is 0 Å². The Bertz CT molecular complexity index is 766. The normalized spacial score (nSPS) is 13.4. The van der Waals surface area contributed by atoms with Crippen molar-refractivity contribution in [1.82, 2.24) is 20.4 Å². The molecule has 1 aliphatic rings. The number of hydrogen-bond acceptors (Lipinski definition) is 3. The lowest BCUT2D eigenvalue weighted by Gasteiger charge is -2.20. The highest BCUT2D eigenvalue weighted by atomic mass is 16.2. The highest BCUT2D eigenvalue weighted by Crippen LogP contribution is 2.23. The average Bonchev–Trinajstić information content (AvgIpc) is 3.03. The van der Waals surface area contributed by atoms with Crippen molar-refractivity contribution in [2.75, 3.05) is 11.9 Å². The van der Waals surface area contributed by atoms with E-state index in [4.69, 9.17) is 0 Å². The summed E-state index contributed by atoms with van der Waals surface area (Å²) in [5.41, 5.74) is 2.97. The van der Waals surface area contributed by atoms with Crippen LogP contribution in [-0.4, -0.2) is 28.3 Å². The lowest BCUT2D eigenvalue weighted by Crippen LogP contribution is -2.34. The number of carbonyl (C=O) groups is 2. The zero-order valence-corrected chi connectivity index (χ0v) is 13.8. The van der Waals surface area contributed by atoms with Gasteiger partial charge < -0.3 is 16.0 Å². The van der Waals surface area contributed by atoms with Gasteiger partial charge in [0.1, 0.15) is 0 Å². The highest BCUT2D eigenvalue weighted by Gasteiger charge is 2.19. The van der Waals surface area contributed by atoms with Crippen LogP contribution in [0, 0.1) is 0 Å². The Labute approximate surface area is 140 Å². The molecule has 0 saturated heterocycles. The molecular weight excluding hydrogens is 306 g/mol. The zero-order valence-electron chi connectivity index (χ0n) is 13.8. The van der Waals surface area contributed by atoms with E-state index in [1.165, 1.54) is 0 Å². The second-order valence-corrected chi connectivity index (χ2v) is 6.03. The smallest absolute Gasteiger partial charge is 0.319 e. The average molecular weight is 327 g/mol. The molecule has 0 atom stereocenters. The number of aromatic nitrogens is 2. The van der Waals surface area contributed by atoms with Crippen LogP contribution in [0.4, 0.5) is 10.5 Å². The predicted octanol–water partition coefficient (Wildman–Crippen LogP) is 2.07. The topological polar surface area (TPSA) is 88.0 Å². The van der Waals surface area contributed by atoms with Crippen molar-refractivity contribution >= 4 is 17.6 Å². The summed E-state index contributed by atoms with van der Waals surface area (Å²) in [7, 11) is 0. The summed E-state index contributed by atoms with van der Waals surface area (Å²) in [5, 5.41) is 12.8. The van der Waals surface area contributed by atoms with Crippen LogP contribution in [0.3, 0.4) is 0 Å². The fraction of sp³-hybridized carbons (Fsp3) is 0.353. The first-order chi connectivity index (χ1) is 11.5. The van der Waals surface area contributed by atoms with Crippen molar-refractivity contribution < 1.29 is 9.59 Å². The van der Waals surface area contributed by atoms with Gasteiger partial charge in [0.05, 0.1) is 12.2 Å². The first kappa shape index (κ1) is 16.0. The van der Waals surface area contributed by atoms with Gasteiger partial charge in [-0.25, -0.2) is 4.79 Å². The molecule has 7 nitrogen and oxygen atoms in total. The molecule has 2 heterocycles. The molecule has 2 aromatic rings. The van der Waals surface area contributed by atoms with E-state index in [0.717, 1.165) is 11.3 Å². The number of amides is 3. The van der Waals surface area contributed by atoms with Crippen LogP contribution in [0.25, 0.3) is 0 Å². The monoisotopic (exact) mass is 327 g/mol. The number of anilines is 1. The number of hydrogen-bond donors (Lipinski definition) is 3. The Balaban J connectivity index is 1.63. The second kappa shape index (κ2) is 6.74. The molecule has 1 aromatic carbocycles. The number of carbonyl (C=O) groups excluding carboxylic acids is 2. The van der Waals surface area contributed by atoms with Crippen molar-refractivity contribution in [2.45, 2.75) is 32.9 Å². The Morgan fingerprint density at radius 1 is 1.38 bits per heavy atom. The Kier molecular flexibility index (Phi) is 4.50. The number of rotatable bonds is 4. The molecule has 126 valence electrons. The summed E-state index contributed by atoms with van der Waals surface area (Å²) in [5.74, 6) is -0.0977. The molecule has 0 unspecified atom stereocenters. The molecule has 0 fully saturated rings. The van der Waals surface area contributed by atoms with Gasteiger partial charge in [-0.1, -0.05) is 6.07 Å². The third-order valence-corrected chi connectivity index (χ3v) is 3.95. The molecule has 3 rings (SSSR count). The summed E-state index contributed by atoms with van der Waals surface area (Å²) in [6.07, 6.45) is 2.60. The standard InChI is InChI=1S/C17H21N5O2/c1-11(2)22-9-7-12(21-22)10-19-17(24)20-15-5-3-4-14-13(15)6-8-18-16(14)23/h3-5,7,9,11H,6,8,10H2,1-2H3,(H,18,23)(H2,19,20,24). The lowest BCUT2D eigenvalue weighted by molar-refractivity contribution is 0.0946. The van der Waals surface area contributed by atoms with E-state index in [1.54, 1.807) is 12.1 Å². The molecule has 0 spiro atoms. The van der Waals surface area contributed by atoms with Gasteiger partial charge in [-0.2, -0.15) is 5.10 Å². The predicted molar refractivity (Wildman–Crippen MR) is 90.9 cm³/mol. The molecule has 0 radical (unpaired) electrons. The number of fused-ring (bicyclic) bond motifs is 1. The van der Waals surface area contributed by atoms with E-state index in [1.807, 2.05) is 36.9 Å². The molecule has 3 N–H and O–H groups in total. The SMILES string of the molecule is CC(C)n1ccc(CNC(=O)Nc2cccc3c2CCNC3=O)n1. The van der Waals surface area contributed by atoms with Crippen molar-refractivity contribution in [2.24, 2.45) is 0 Å². The van der Waals surface area contributed by atoms with E-state index in [-0.39, 0.29) is 18.0 Å². The maximum Gasteiger partial charge on any atom is 0.319 e. The number of benzene rings is 1. The van der Waals surface area contributed by atoms with E-state index in [2.05, 4.69) is 21.0 Å². The third kappa shape index (κ3) is 3.40. The van der Waals surface area contributed by atoms with E-state index >= 15 is 0 Å². The first-order valence-corrected chi connectivity index (χ1v) is 8.03. The highest BCUT2D eigenvalue weighted by molar-refractivity contribution is 6.00. The summed E-state index contributed by atoms with van der Waals surface area (Å²) >= 11 is 0. The summed E-state index contributed by atoms with van der Waals surface area (Å²) in [6, 6.07) is 7.21. The van der Waals surface area contributed by atoms with Crippen molar-refractivity contribution in [3.05, 3.63) is 47.3 Å². The van der Waals surface area contributed by atoms with Crippen LogP contribution in [0.1, 0.15) is 41.5 Å². The first-order valence-electron chi connectivity index (χ1n) is 8.03. The summed E-state index contributed by atoms with van der Waals surface area (Å²) < 4.78 is 1.85.